The number of rotatable bonds is 3. The fourth-order valence-corrected chi connectivity index (χ4v) is 2.92. The fourth-order valence-electron chi connectivity index (χ4n) is 2.61. The molecule has 0 radical (unpaired) electrons. The second kappa shape index (κ2) is 5.99. The third-order valence-electron chi connectivity index (χ3n) is 3.59. The molecule has 1 aliphatic heterocycles. The molecule has 3 rings (SSSR count). The first-order valence-corrected chi connectivity index (χ1v) is 7.36. The minimum Gasteiger partial charge on any atom is -0.334 e. The van der Waals surface area contributed by atoms with E-state index in [1.807, 2.05) is 17.0 Å². The molecule has 1 aliphatic rings. The van der Waals surface area contributed by atoms with Crippen molar-refractivity contribution < 1.29 is 4.79 Å². The lowest BCUT2D eigenvalue weighted by atomic mass is 10.0. The lowest BCUT2D eigenvalue weighted by Crippen LogP contribution is -2.33. The largest absolute Gasteiger partial charge is 0.334 e. The van der Waals surface area contributed by atoms with Crippen molar-refractivity contribution >= 4 is 29.1 Å². The summed E-state index contributed by atoms with van der Waals surface area (Å²) in [7, 11) is 0. The maximum atomic E-state index is 12.4. The third kappa shape index (κ3) is 3.01. The maximum absolute atomic E-state index is 12.4. The Morgan fingerprint density at radius 3 is 2.90 bits per heavy atom. The Labute approximate surface area is 131 Å². The first-order valence-electron chi connectivity index (χ1n) is 6.60. The van der Waals surface area contributed by atoms with Crippen molar-refractivity contribution in [2.24, 2.45) is 0 Å². The predicted octanol–water partition coefficient (Wildman–Crippen LogP) is 2.34. The highest BCUT2D eigenvalue weighted by Gasteiger charge is 2.30. The summed E-state index contributed by atoms with van der Waals surface area (Å²) in [6.45, 7) is 0.872. The van der Waals surface area contributed by atoms with E-state index < -0.39 is 0 Å². The molecule has 0 bridgehead atoms. The molecular weight excluding hydrogens is 313 g/mol. The van der Waals surface area contributed by atoms with Crippen LogP contribution in [0.2, 0.25) is 10.0 Å². The van der Waals surface area contributed by atoms with Crippen molar-refractivity contribution in [1.82, 2.24) is 25.1 Å². The van der Waals surface area contributed by atoms with Crippen molar-refractivity contribution in [3.63, 3.8) is 0 Å². The van der Waals surface area contributed by atoms with Gasteiger partial charge in [-0.3, -0.25) is 4.79 Å². The Hall–Kier alpha value is -1.66. The lowest BCUT2D eigenvalue weighted by molar-refractivity contribution is -0.133. The van der Waals surface area contributed by atoms with Crippen molar-refractivity contribution in [1.29, 1.82) is 0 Å². The zero-order chi connectivity index (χ0) is 14.8. The number of aromatic nitrogens is 4. The smallest absolute Gasteiger partial charge is 0.244 e. The Morgan fingerprint density at radius 1 is 1.33 bits per heavy atom. The van der Waals surface area contributed by atoms with E-state index in [1.54, 1.807) is 6.07 Å². The highest BCUT2D eigenvalue weighted by atomic mass is 35.5. The molecule has 2 aromatic rings. The monoisotopic (exact) mass is 325 g/mol. The van der Waals surface area contributed by atoms with Gasteiger partial charge in [0.1, 0.15) is 12.9 Å². The summed E-state index contributed by atoms with van der Waals surface area (Å²) in [5.74, 6) is -0.00382. The highest BCUT2D eigenvalue weighted by molar-refractivity contribution is 6.42. The average molecular weight is 326 g/mol. The Kier molecular flexibility index (Phi) is 4.07. The van der Waals surface area contributed by atoms with Crippen molar-refractivity contribution in [2.45, 2.75) is 25.4 Å². The molecule has 1 atom stereocenters. The summed E-state index contributed by atoms with van der Waals surface area (Å²) in [6, 6.07) is 5.55. The number of hydrogen-bond acceptors (Lipinski definition) is 4. The maximum Gasteiger partial charge on any atom is 0.244 e. The number of benzene rings is 1. The van der Waals surface area contributed by atoms with Gasteiger partial charge in [-0.05, 0) is 41.0 Å². The van der Waals surface area contributed by atoms with Gasteiger partial charge in [0, 0.05) is 6.54 Å². The lowest BCUT2D eigenvalue weighted by Gasteiger charge is -2.25. The number of nitrogens with zero attached hydrogens (tertiary/aromatic N) is 5. The third-order valence-corrected chi connectivity index (χ3v) is 4.33. The van der Waals surface area contributed by atoms with E-state index in [-0.39, 0.29) is 18.5 Å². The van der Waals surface area contributed by atoms with Crippen LogP contribution in [0.1, 0.15) is 24.4 Å². The number of carbonyl (C=O) groups is 1. The van der Waals surface area contributed by atoms with E-state index in [9.17, 15) is 4.79 Å². The number of amides is 1. The first-order chi connectivity index (χ1) is 10.1. The summed E-state index contributed by atoms with van der Waals surface area (Å²) < 4.78 is 1.42. The normalized spacial score (nSPS) is 18.2. The molecule has 2 heterocycles. The molecule has 0 N–H and O–H groups in total. The van der Waals surface area contributed by atoms with Crippen LogP contribution in [-0.2, 0) is 11.3 Å². The SMILES string of the molecule is O=C(Cn1cnnn1)N1CCC[C@H]1c1ccc(Cl)c(Cl)c1. The van der Waals surface area contributed by atoms with Gasteiger partial charge in [0.15, 0.2) is 0 Å². The number of likely N-dealkylation sites (tertiary alicyclic amines) is 1. The first kappa shape index (κ1) is 14.3. The molecule has 0 aliphatic carbocycles. The molecule has 0 unspecified atom stereocenters. The molecule has 0 spiro atoms. The molecule has 1 fully saturated rings. The van der Waals surface area contributed by atoms with Crippen LogP contribution in [0.25, 0.3) is 0 Å². The molecule has 21 heavy (non-hydrogen) atoms. The molecule has 110 valence electrons. The number of halogens is 2. The van der Waals surface area contributed by atoms with Crippen molar-refractivity contribution in [3.8, 4) is 0 Å². The van der Waals surface area contributed by atoms with E-state index in [2.05, 4.69) is 15.5 Å². The Morgan fingerprint density at radius 2 is 2.19 bits per heavy atom. The number of carbonyl (C=O) groups excluding carboxylic acids is 1. The Bertz CT molecular complexity index is 646. The van der Waals surface area contributed by atoms with Crippen LogP contribution in [0.15, 0.2) is 24.5 Å². The van der Waals surface area contributed by atoms with Crippen LogP contribution in [0.5, 0.6) is 0 Å². The molecule has 1 aromatic carbocycles. The van der Waals surface area contributed by atoms with Gasteiger partial charge < -0.3 is 4.90 Å². The summed E-state index contributed by atoms with van der Waals surface area (Å²) in [4.78, 5) is 14.2. The van der Waals surface area contributed by atoms with Crippen LogP contribution in [-0.4, -0.2) is 37.6 Å². The highest BCUT2D eigenvalue weighted by Crippen LogP contribution is 2.35. The van der Waals surface area contributed by atoms with Gasteiger partial charge in [-0.25, -0.2) is 4.68 Å². The average Bonchev–Trinajstić information content (AvgIpc) is 3.12. The van der Waals surface area contributed by atoms with Gasteiger partial charge >= 0.3 is 0 Å². The number of hydrogen-bond donors (Lipinski definition) is 0. The van der Waals surface area contributed by atoms with Crippen LogP contribution in [0.4, 0.5) is 0 Å². The predicted molar refractivity (Wildman–Crippen MR) is 78.0 cm³/mol. The van der Waals surface area contributed by atoms with Crippen LogP contribution >= 0.6 is 23.2 Å². The summed E-state index contributed by atoms with van der Waals surface area (Å²) >= 11 is 12.0. The van der Waals surface area contributed by atoms with E-state index >= 15 is 0 Å². The van der Waals surface area contributed by atoms with Crippen LogP contribution in [0.3, 0.4) is 0 Å². The minimum atomic E-state index is -0.00382. The zero-order valence-corrected chi connectivity index (χ0v) is 12.6. The van der Waals surface area contributed by atoms with Crippen LogP contribution in [0, 0.1) is 0 Å². The molecule has 1 amide bonds. The molecule has 0 saturated carbocycles. The van der Waals surface area contributed by atoms with E-state index in [1.165, 1.54) is 11.0 Å². The summed E-state index contributed by atoms with van der Waals surface area (Å²) in [5, 5.41) is 11.8. The van der Waals surface area contributed by atoms with Gasteiger partial charge in [-0.2, -0.15) is 0 Å². The van der Waals surface area contributed by atoms with Gasteiger partial charge in [-0.15, -0.1) is 5.10 Å². The quantitative estimate of drug-likeness (QED) is 0.868. The van der Waals surface area contributed by atoms with Gasteiger partial charge in [0.05, 0.1) is 16.1 Å². The standard InChI is InChI=1S/C13H13Cl2N5O/c14-10-4-3-9(6-11(10)15)12-2-1-5-20(12)13(21)7-19-8-16-17-18-19/h3-4,6,8,12H,1-2,5,7H2/t12-/m0/s1. The van der Waals surface area contributed by atoms with Crippen molar-refractivity contribution in [2.75, 3.05) is 6.54 Å². The molecular formula is C13H13Cl2N5O. The molecule has 8 heteroatoms. The van der Waals surface area contributed by atoms with Crippen LogP contribution < -0.4 is 0 Å². The van der Waals surface area contributed by atoms with Gasteiger partial charge in [-0.1, -0.05) is 29.3 Å². The molecule has 1 saturated heterocycles. The number of tetrazole rings is 1. The van der Waals surface area contributed by atoms with E-state index in [0.29, 0.717) is 10.0 Å². The van der Waals surface area contributed by atoms with Gasteiger partial charge in [0.25, 0.3) is 0 Å². The molecule has 6 nitrogen and oxygen atoms in total. The Balaban J connectivity index is 1.78. The summed E-state index contributed by atoms with van der Waals surface area (Å²) in [5.41, 5.74) is 1.01. The summed E-state index contributed by atoms with van der Waals surface area (Å²) in [6.07, 6.45) is 3.31. The molecule has 1 aromatic heterocycles. The van der Waals surface area contributed by atoms with E-state index in [4.69, 9.17) is 23.2 Å². The second-order valence-corrected chi connectivity index (χ2v) is 5.74. The van der Waals surface area contributed by atoms with Crippen molar-refractivity contribution in [3.05, 3.63) is 40.1 Å². The van der Waals surface area contributed by atoms with E-state index in [0.717, 1.165) is 24.9 Å². The minimum absolute atomic E-state index is 0.00382. The topological polar surface area (TPSA) is 63.9 Å². The zero-order valence-electron chi connectivity index (χ0n) is 11.1. The fraction of sp³-hybridized carbons (Fsp3) is 0.385. The second-order valence-electron chi connectivity index (χ2n) is 4.93. The van der Waals surface area contributed by atoms with Gasteiger partial charge in [0.2, 0.25) is 5.91 Å².